The van der Waals surface area contributed by atoms with E-state index in [9.17, 15) is 0 Å². The number of rotatable bonds is 7. The van der Waals surface area contributed by atoms with E-state index in [1.54, 1.807) is 0 Å². The smallest absolute Gasteiger partial charge is 0.0643 e. The molecule has 0 N–H and O–H groups in total. The second-order valence-corrected chi connectivity index (χ2v) is 12.4. The summed E-state index contributed by atoms with van der Waals surface area (Å²) in [6, 6.07) is 59.1. The van der Waals surface area contributed by atoms with Crippen molar-refractivity contribution in [1.82, 2.24) is 0 Å². The Balaban J connectivity index is 1.16. The van der Waals surface area contributed by atoms with Gasteiger partial charge in [-0.05, 0) is 83.8 Å². The molecule has 1 unspecified atom stereocenters. The average molecular weight is 605 g/mol. The summed E-state index contributed by atoms with van der Waals surface area (Å²) in [4.78, 5) is 4.86. The molecule has 7 aromatic rings. The molecule has 1 aliphatic carbocycles. The van der Waals surface area contributed by atoms with Crippen LogP contribution in [0, 0.1) is 0 Å². The minimum atomic E-state index is -0.190. The Kier molecular flexibility index (Phi) is 7.39. The van der Waals surface area contributed by atoms with Crippen LogP contribution in [-0.2, 0) is 0 Å². The molecule has 47 heavy (non-hydrogen) atoms. The van der Waals surface area contributed by atoms with Crippen molar-refractivity contribution in [3.8, 4) is 11.1 Å². The van der Waals surface area contributed by atoms with Crippen molar-refractivity contribution < 1.29 is 0 Å². The minimum absolute atomic E-state index is 0.190. The predicted octanol–water partition coefficient (Wildman–Crippen LogP) is 12.5. The lowest BCUT2D eigenvalue weighted by Crippen LogP contribution is -2.42. The number of nitrogens with zero attached hydrogens (tertiary/aromatic N) is 2. The molecule has 0 spiro atoms. The van der Waals surface area contributed by atoms with E-state index in [2.05, 4.69) is 205 Å². The molecule has 8 rings (SSSR count). The van der Waals surface area contributed by atoms with Crippen LogP contribution in [0.15, 0.2) is 188 Å². The second-order valence-electron chi connectivity index (χ2n) is 12.4. The molecule has 0 amide bonds. The van der Waals surface area contributed by atoms with Crippen molar-refractivity contribution in [2.24, 2.45) is 0 Å². The fraction of sp³-hybridized carbons (Fsp3) is 0.0667. The van der Waals surface area contributed by atoms with Gasteiger partial charge in [-0.3, -0.25) is 0 Å². The molecule has 0 heterocycles. The van der Waals surface area contributed by atoms with Gasteiger partial charge in [0, 0.05) is 33.5 Å². The van der Waals surface area contributed by atoms with Gasteiger partial charge in [0.25, 0.3) is 0 Å². The van der Waals surface area contributed by atoms with Gasteiger partial charge in [0.05, 0.1) is 11.2 Å². The van der Waals surface area contributed by atoms with E-state index in [0.717, 1.165) is 17.8 Å². The molecule has 7 aromatic carbocycles. The average Bonchev–Trinajstić information content (AvgIpc) is 3.13. The Morgan fingerprint density at radius 2 is 0.957 bits per heavy atom. The molecule has 2 nitrogen and oxygen atoms in total. The molecule has 0 saturated carbocycles. The van der Waals surface area contributed by atoms with Crippen LogP contribution in [0.3, 0.4) is 0 Å². The molecule has 0 fully saturated rings. The zero-order chi connectivity index (χ0) is 31.6. The standard InChI is InChI=1S/C45H36N2/c1-45(32-10-3-11-33-45)47(44-23-13-17-37-15-7-9-21-42(37)44)40-30-26-35(27-31-40)34-24-28-39(29-25-34)46(38-18-4-2-5-19-38)43-22-12-16-36-14-6-8-20-41(36)43/h2-32H,33H2,1H3. The third-order valence-corrected chi connectivity index (χ3v) is 9.36. The number of fused-ring (bicyclic) bond motifs is 2. The number of hydrogen-bond donors (Lipinski definition) is 0. The highest BCUT2D eigenvalue weighted by molar-refractivity contribution is 5.99. The van der Waals surface area contributed by atoms with Crippen molar-refractivity contribution in [2.45, 2.75) is 18.9 Å². The van der Waals surface area contributed by atoms with Gasteiger partial charge in [-0.2, -0.15) is 0 Å². The van der Waals surface area contributed by atoms with Crippen LogP contribution in [0.5, 0.6) is 0 Å². The first-order valence-electron chi connectivity index (χ1n) is 16.3. The van der Waals surface area contributed by atoms with Gasteiger partial charge in [0.2, 0.25) is 0 Å². The van der Waals surface area contributed by atoms with Crippen molar-refractivity contribution in [1.29, 1.82) is 0 Å². The molecular weight excluding hydrogens is 569 g/mol. The molecule has 226 valence electrons. The first-order valence-corrected chi connectivity index (χ1v) is 16.3. The minimum Gasteiger partial charge on any atom is -0.331 e. The van der Waals surface area contributed by atoms with E-state index in [-0.39, 0.29) is 5.54 Å². The highest BCUT2D eigenvalue weighted by Crippen LogP contribution is 2.43. The molecular formula is C45H36N2. The SMILES string of the molecule is CC1(N(c2ccc(-c3ccc(N(c4ccccc4)c4cccc5ccccc45)cc3)cc2)c2cccc3ccccc23)C=CC=CC1. The fourth-order valence-electron chi connectivity index (χ4n) is 7.01. The largest absolute Gasteiger partial charge is 0.331 e. The van der Waals surface area contributed by atoms with Gasteiger partial charge >= 0.3 is 0 Å². The van der Waals surface area contributed by atoms with Crippen molar-refractivity contribution in [3.63, 3.8) is 0 Å². The maximum Gasteiger partial charge on any atom is 0.0643 e. The van der Waals surface area contributed by atoms with Crippen molar-refractivity contribution in [2.75, 3.05) is 9.80 Å². The van der Waals surface area contributed by atoms with E-state index in [1.807, 2.05) is 0 Å². The summed E-state index contributed by atoms with van der Waals surface area (Å²) in [7, 11) is 0. The van der Waals surface area contributed by atoms with Gasteiger partial charge in [-0.15, -0.1) is 0 Å². The maximum absolute atomic E-state index is 2.50. The fourth-order valence-corrected chi connectivity index (χ4v) is 7.01. The Morgan fingerprint density at radius 1 is 0.447 bits per heavy atom. The van der Waals surface area contributed by atoms with Crippen LogP contribution in [0.2, 0.25) is 0 Å². The van der Waals surface area contributed by atoms with Gasteiger partial charge < -0.3 is 9.80 Å². The molecule has 0 aliphatic heterocycles. The van der Waals surface area contributed by atoms with E-state index in [4.69, 9.17) is 0 Å². The Bertz CT molecular complexity index is 2220. The molecule has 2 heteroatoms. The third-order valence-electron chi connectivity index (χ3n) is 9.36. The van der Waals surface area contributed by atoms with Crippen LogP contribution in [0.25, 0.3) is 32.7 Å². The Hall–Kier alpha value is -5.86. The van der Waals surface area contributed by atoms with Crippen molar-refractivity contribution >= 4 is 50.0 Å². The monoisotopic (exact) mass is 604 g/mol. The number of hydrogen-bond acceptors (Lipinski definition) is 2. The zero-order valence-electron chi connectivity index (χ0n) is 26.5. The summed E-state index contributed by atoms with van der Waals surface area (Å²) < 4.78 is 0. The Morgan fingerprint density at radius 3 is 1.57 bits per heavy atom. The zero-order valence-corrected chi connectivity index (χ0v) is 26.5. The molecule has 0 aromatic heterocycles. The van der Waals surface area contributed by atoms with Crippen molar-refractivity contribution in [3.05, 3.63) is 188 Å². The molecule has 0 bridgehead atoms. The van der Waals surface area contributed by atoms with E-state index < -0.39 is 0 Å². The maximum atomic E-state index is 2.50. The van der Waals surface area contributed by atoms with Crippen LogP contribution >= 0.6 is 0 Å². The van der Waals surface area contributed by atoms with E-state index >= 15 is 0 Å². The lowest BCUT2D eigenvalue weighted by molar-refractivity contribution is 0.571. The summed E-state index contributed by atoms with van der Waals surface area (Å²) >= 11 is 0. The van der Waals surface area contributed by atoms with Gasteiger partial charge in [0.1, 0.15) is 0 Å². The van der Waals surface area contributed by atoms with E-state index in [1.165, 1.54) is 49.7 Å². The first kappa shape index (κ1) is 28.6. The second kappa shape index (κ2) is 12.2. The number of para-hydroxylation sites is 1. The van der Waals surface area contributed by atoms with E-state index in [0.29, 0.717) is 0 Å². The molecule has 0 radical (unpaired) electrons. The van der Waals surface area contributed by atoms with Crippen LogP contribution in [-0.4, -0.2) is 5.54 Å². The van der Waals surface area contributed by atoms with Crippen LogP contribution < -0.4 is 9.80 Å². The summed E-state index contributed by atoms with van der Waals surface area (Å²) in [5.41, 5.74) is 8.01. The molecule has 0 saturated heterocycles. The van der Waals surface area contributed by atoms with Gasteiger partial charge in [-0.25, -0.2) is 0 Å². The topological polar surface area (TPSA) is 6.48 Å². The summed E-state index contributed by atoms with van der Waals surface area (Å²) in [5, 5.41) is 4.96. The van der Waals surface area contributed by atoms with Gasteiger partial charge in [-0.1, -0.05) is 140 Å². The lowest BCUT2D eigenvalue weighted by atomic mass is 9.89. The number of allylic oxidation sites excluding steroid dienone is 2. The van der Waals surface area contributed by atoms with Crippen LogP contribution in [0.1, 0.15) is 13.3 Å². The summed E-state index contributed by atoms with van der Waals surface area (Å²) in [5.74, 6) is 0. The quantitative estimate of drug-likeness (QED) is 0.179. The highest BCUT2D eigenvalue weighted by atomic mass is 15.2. The molecule has 1 aliphatic rings. The van der Waals surface area contributed by atoms with Gasteiger partial charge in [0.15, 0.2) is 0 Å². The molecule has 1 atom stereocenters. The number of anilines is 5. The number of benzene rings is 7. The summed E-state index contributed by atoms with van der Waals surface area (Å²) in [6.45, 7) is 2.33. The van der Waals surface area contributed by atoms with Crippen LogP contribution in [0.4, 0.5) is 28.4 Å². The highest BCUT2D eigenvalue weighted by Gasteiger charge is 2.32. The summed E-state index contributed by atoms with van der Waals surface area (Å²) in [6.07, 6.45) is 9.86. The Labute approximate surface area is 277 Å². The lowest BCUT2D eigenvalue weighted by Gasteiger charge is -2.42. The third kappa shape index (κ3) is 5.38. The first-order chi connectivity index (χ1) is 23.2. The normalized spacial score (nSPS) is 15.6. The predicted molar refractivity (Wildman–Crippen MR) is 201 cm³/mol.